The molecule has 0 aromatic heterocycles. The van der Waals surface area contributed by atoms with E-state index >= 15 is 0 Å². The minimum atomic E-state index is -4.54. The van der Waals surface area contributed by atoms with Gasteiger partial charge in [-0.25, -0.2) is 0 Å². The Morgan fingerprint density at radius 3 is 1.50 bits per heavy atom. The maximum Gasteiger partial charge on any atom is 0.416 e. The molecule has 0 N–H and O–H groups in total. The van der Waals surface area contributed by atoms with Crippen LogP contribution in [0.1, 0.15) is 26.3 Å². The van der Waals surface area contributed by atoms with Crippen LogP contribution in [0.15, 0.2) is 124 Å². The van der Waals surface area contributed by atoms with Crippen LogP contribution in [0.4, 0.5) is 13.2 Å². The van der Waals surface area contributed by atoms with Gasteiger partial charge < -0.3 is 8.92 Å². The van der Waals surface area contributed by atoms with Crippen molar-refractivity contribution in [3.05, 3.63) is 115 Å². The van der Waals surface area contributed by atoms with Crippen molar-refractivity contribution in [3.8, 4) is 11.5 Å². The van der Waals surface area contributed by atoms with E-state index in [9.17, 15) is 21.6 Å². The molecule has 0 atom stereocenters. The number of alkyl halides is 3. The van der Waals surface area contributed by atoms with E-state index < -0.39 is 27.5 Å². The van der Waals surface area contributed by atoms with E-state index in [-0.39, 0.29) is 10.6 Å². The molecule has 4 aromatic rings. The lowest BCUT2D eigenvalue weighted by atomic mass is 10.2. The Morgan fingerprint density at radius 2 is 1.08 bits per heavy atom. The largest absolute Gasteiger partial charge is 0.488 e. The number of hydrogen-bond donors (Lipinski definition) is 0. The van der Waals surface area contributed by atoms with Gasteiger partial charge >= 0.3 is 16.3 Å². The van der Waals surface area contributed by atoms with Gasteiger partial charge in [-0.05, 0) is 93.6 Å². The molecular formula is C29H27F3O4S2. The highest BCUT2D eigenvalue weighted by Gasteiger charge is 2.31. The minimum Gasteiger partial charge on any atom is -0.488 e. The van der Waals surface area contributed by atoms with Crippen LogP contribution in [0, 0.1) is 0 Å². The van der Waals surface area contributed by atoms with Crippen molar-refractivity contribution in [1.29, 1.82) is 0 Å². The first-order valence-electron chi connectivity index (χ1n) is 11.5. The zero-order valence-electron chi connectivity index (χ0n) is 21.0. The van der Waals surface area contributed by atoms with Gasteiger partial charge in [0.1, 0.15) is 22.0 Å². The summed E-state index contributed by atoms with van der Waals surface area (Å²) in [5.41, 5.74) is -1.34. The fraction of sp³-hybridized carbons (Fsp3) is 0.172. The van der Waals surface area contributed by atoms with Crippen LogP contribution >= 0.6 is 11.8 Å². The van der Waals surface area contributed by atoms with E-state index in [0.717, 1.165) is 12.1 Å². The third-order valence-electron chi connectivity index (χ3n) is 4.65. The number of ether oxygens (including phenoxy) is 1. The van der Waals surface area contributed by atoms with Crippen molar-refractivity contribution in [2.45, 2.75) is 47.2 Å². The standard InChI is InChI=1S/C17H17F3O4S.C12H10S/c1-16(2,3)23-13-6-8-14(9-7-13)24-25(21,22)15-10-4-12(5-11-15)17(18,19)20;1-3-7-11(8-4-1)13-12-9-5-2-6-10-12/h4-11H,1-3H3;1-10H. The number of hydrogen-bond acceptors (Lipinski definition) is 5. The lowest BCUT2D eigenvalue weighted by Crippen LogP contribution is -2.22. The van der Waals surface area contributed by atoms with Crippen LogP contribution in [0.5, 0.6) is 11.5 Å². The zero-order valence-corrected chi connectivity index (χ0v) is 22.6. The normalized spacial score (nSPS) is 11.7. The first-order chi connectivity index (χ1) is 17.8. The molecule has 0 fully saturated rings. The fourth-order valence-corrected chi connectivity index (χ4v) is 4.80. The van der Waals surface area contributed by atoms with Gasteiger partial charge in [0.25, 0.3) is 0 Å². The smallest absolute Gasteiger partial charge is 0.416 e. The zero-order chi connectivity index (χ0) is 27.8. The molecule has 0 saturated carbocycles. The second-order valence-corrected chi connectivity index (χ2v) is 11.7. The van der Waals surface area contributed by atoms with Crippen molar-refractivity contribution in [1.82, 2.24) is 0 Å². The minimum absolute atomic E-state index is 0.0288. The van der Waals surface area contributed by atoms with Crippen LogP contribution < -0.4 is 8.92 Å². The van der Waals surface area contributed by atoms with Crippen LogP contribution in [-0.2, 0) is 16.3 Å². The van der Waals surface area contributed by atoms with Gasteiger partial charge in [0.2, 0.25) is 0 Å². The van der Waals surface area contributed by atoms with Gasteiger partial charge in [-0.2, -0.15) is 21.6 Å². The van der Waals surface area contributed by atoms with Gasteiger partial charge in [-0.3, -0.25) is 0 Å². The summed E-state index contributed by atoms with van der Waals surface area (Å²) in [5.74, 6) is 0.563. The predicted octanol–water partition coefficient (Wildman–Crippen LogP) is 8.49. The average molecular weight is 561 g/mol. The Kier molecular flexibility index (Phi) is 9.51. The molecule has 0 radical (unpaired) electrons. The molecule has 9 heteroatoms. The molecule has 0 unspecified atom stereocenters. The molecule has 0 heterocycles. The molecule has 0 spiro atoms. The molecule has 200 valence electrons. The van der Waals surface area contributed by atoms with Crippen LogP contribution in [-0.4, -0.2) is 14.0 Å². The predicted molar refractivity (Wildman–Crippen MR) is 143 cm³/mol. The molecular weight excluding hydrogens is 533 g/mol. The SMILES string of the molecule is CC(C)(C)Oc1ccc(OS(=O)(=O)c2ccc(C(F)(F)F)cc2)cc1.c1ccc(Sc2ccccc2)cc1. The van der Waals surface area contributed by atoms with Gasteiger partial charge in [-0.1, -0.05) is 48.2 Å². The third-order valence-corrected chi connectivity index (χ3v) is 6.92. The Bertz CT molecular complexity index is 1350. The average Bonchev–Trinajstić information content (AvgIpc) is 2.85. The Labute approximate surface area is 225 Å². The summed E-state index contributed by atoms with van der Waals surface area (Å²) in [6, 6.07) is 29.8. The summed E-state index contributed by atoms with van der Waals surface area (Å²) in [6.07, 6.45) is -4.54. The summed E-state index contributed by atoms with van der Waals surface area (Å²) >= 11 is 1.79. The van der Waals surface area contributed by atoms with Crippen molar-refractivity contribution in [2.75, 3.05) is 0 Å². The third kappa shape index (κ3) is 9.46. The van der Waals surface area contributed by atoms with Gasteiger partial charge in [0.15, 0.2) is 0 Å². The second kappa shape index (κ2) is 12.4. The first-order valence-corrected chi connectivity index (χ1v) is 13.7. The van der Waals surface area contributed by atoms with Crippen molar-refractivity contribution in [3.63, 3.8) is 0 Å². The molecule has 0 aliphatic rings. The fourth-order valence-electron chi connectivity index (χ4n) is 3.02. The summed E-state index contributed by atoms with van der Waals surface area (Å²) in [6.45, 7) is 5.60. The Morgan fingerprint density at radius 1 is 0.632 bits per heavy atom. The first kappa shape index (κ1) is 29.1. The van der Waals surface area contributed by atoms with E-state index in [1.165, 1.54) is 21.9 Å². The highest BCUT2D eigenvalue weighted by molar-refractivity contribution is 7.99. The van der Waals surface area contributed by atoms with E-state index in [1.807, 2.05) is 32.9 Å². The van der Waals surface area contributed by atoms with Crippen molar-refractivity contribution in [2.24, 2.45) is 0 Å². The van der Waals surface area contributed by atoms with Crippen molar-refractivity contribution >= 4 is 21.9 Å². The van der Waals surface area contributed by atoms with E-state index in [4.69, 9.17) is 8.92 Å². The summed E-state index contributed by atoms with van der Waals surface area (Å²) < 4.78 is 72.4. The van der Waals surface area contributed by atoms with Crippen LogP contribution in [0.2, 0.25) is 0 Å². The molecule has 0 aliphatic carbocycles. The van der Waals surface area contributed by atoms with Crippen LogP contribution in [0.3, 0.4) is 0 Å². The van der Waals surface area contributed by atoms with Gasteiger partial charge in [0, 0.05) is 9.79 Å². The highest BCUT2D eigenvalue weighted by atomic mass is 32.2. The highest BCUT2D eigenvalue weighted by Crippen LogP contribution is 2.31. The van der Waals surface area contributed by atoms with Gasteiger partial charge in [-0.15, -0.1) is 0 Å². The quantitative estimate of drug-likeness (QED) is 0.221. The monoisotopic (exact) mass is 560 g/mol. The van der Waals surface area contributed by atoms with Gasteiger partial charge in [0.05, 0.1) is 5.56 Å². The summed E-state index contributed by atoms with van der Waals surface area (Å²) in [7, 11) is -4.23. The topological polar surface area (TPSA) is 52.6 Å². The van der Waals surface area contributed by atoms with E-state index in [1.54, 1.807) is 23.9 Å². The Balaban J connectivity index is 0.000000256. The molecule has 0 aliphatic heterocycles. The summed E-state index contributed by atoms with van der Waals surface area (Å²) in [5, 5.41) is 0. The lowest BCUT2D eigenvalue weighted by molar-refractivity contribution is -0.137. The maximum atomic E-state index is 12.5. The molecule has 0 bridgehead atoms. The Hall–Kier alpha value is -3.43. The molecule has 0 saturated heterocycles. The number of halogens is 3. The molecule has 4 rings (SSSR count). The number of benzene rings is 4. The maximum absolute atomic E-state index is 12.5. The van der Waals surface area contributed by atoms with Crippen molar-refractivity contribution < 1.29 is 30.5 Å². The molecule has 38 heavy (non-hydrogen) atoms. The van der Waals surface area contributed by atoms with Crippen LogP contribution in [0.25, 0.3) is 0 Å². The van der Waals surface area contributed by atoms with E-state index in [0.29, 0.717) is 17.9 Å². The molecule has 4 nitrogen and oxygen atoms in total. The lowest BCUT2D eigenvalue weighted by Gasteiger charge is -2.21. The molecule has 4 aromatic carbocycles. The second-order valence-electron chi connectivity index (χ2n) is 8.97. The van der Waals surface area contributed by atoms with E-state index in [2.05, 4.69) is 48.5 Å². The number of rotatable bonds is 6. The summed E-state index contributed by atoms with van der Waals surface area (Å²) in [4.78, 5) is 2.21. The molecule has 0 amide bonds.